The number of benzene rings is 1. The minimum absolute atomic E-state index is 0.150. The number of allylic oxidation sites excluding steroid dienone is 1. The number of nitrogens with zero attached hydrogens (tertiary/aromatic N) is 4. The Balaban J connectivity index is 0.00000150. The molecule has 0 bridgehead atoms. The van der Waals surface area contributed by atoms with Crippen molar-refractivity contribution < 1.29 is 9.59 Å². The molecule has 0 aliphatic heterocycles. The number of hydrazine groups is 1. The first-order chi connectivity index (χ1) is 17.1. The van der Waals surface area contributed by atoms with Crippen LogP contribution in [0, 0.1) is 12.3 Å². The number of amidine groups is 1. The molecule has 0 saturated heterocycles. The van der Waals surface area contributed by atoms with E-state index in [-0.39, 0.29) is 11.4 Å². The van der Waals surface area contributed by atoms with Gasteiger partial charge in [0, 0.05) is 12.8 Å². The lowest BCUT2D eigenvalue weighted by Crippen LogP contribution is -2.35. The van der Waals surface area contributed by atoms with Crippen molar-refractivity contribution in [2.75, 3.05) is 12.4 Å². The molecule has 13 heteroatoms. The lowest BCUT2D eigenvalue weighted by molar-refractivity contribution is -0.114. The smallest absolute Gasteiger partial charge is 0.266 e. The fraction of sp³-hybridized carbons (Fsp3) is 0.130. The van der Waals surface area contributed by atoms with E-state index < -0.39 is 5.91 Å². The molecule has 0 fully saturated rings. The molecule has 0 saturated carbocycles. The van der Waals surface area contributed by atoms with E-state index in [1.54, 1.807) is 43.3 Å². The minimum atomic E-state index is -0.825. The number of aliphatic imine (C=N–C) groups is 1. The van der Waals surface area contributed by atoms with Crippen LogP contribution in [0.4, 0.5) is 11.4 Å². The maximum atomic E-state index is 11.6. The largest absolute Gasteiger partial charge is 0.393 e. The van der Waals surface area contributed by atoms with Crippen LogP contribution in [-0.2, 0) is 9.59 Å². The number of terminal acetylenes is 1. The minimum Gasteiger partial charge on any atom is -0.393 e. The van der Waals surface area contributed by atoms with Gasteiger partial charge in [0.15, 0.2) is 12.1 Å². The Morgan fingerprint density at radius 1 is 1.14 bits per heavy atom. The number of aldehydes is 1. The Labute approximate surface area is 218 Å². The third kappa shape index (κ3) is 9.94. The van der Waals surface area contributed by atoms with E-state index in [1.807, 2.05) is 13.8 Å². The van der Waals surface area contributed by atoms with E-state index in [0.29, 0.717) is 39.2 Å². The van der Waals surface area contributed by atoms with E-state index in [9.17, 15) is 4.79 Å². The van der Waals surface area contributed by atoms with Gasteiger partial charge in [-0.3, -0.25) is 19.6 Å². The van der Waals surface area contributed by atoms with Crippen molar-refractivity contribution in [3.05, 3.63) is 63.7 Å². The zero-order chi connectivity index (χ0) is 27.1. The van der Waals surface area contributed by atoms with Gasteiger partial charge in [-0.25, -0.2) is 5.43 Å². The quantitative estimate of drug-likeness (QED) is 0.0871. The average Bonchev–Trinajstić information content (AvgIpc) is 2.85. The molecular formula is C23H25Cl2N9O2. The lowest BCUT2D eigenvalue weighted by Gasteiger charge is -2.11. The average molecular weight is 530 g/mol. The molecule has 1 amide bonds. The highest BCUT2D eigenvalue weighted by Gasteiger charge is 2.11. The van der Waals surface area contributed by atoms with Gasteiger partial charge in [-0.15, -0.1) is 11.5 Å². The first-order valence-electron chi connectivity index (χ1n) is 10.1. The molecule has 0 aliphatic rings. The number of carbonyl (C=O) groups is 2. The highest BCUT2D eigenvalue weighted by atomic mass is 35.5. The molecule has 11 nitrogen and oxygen atoms in total. The first kappa shape index (κ1) is 29.8. The highest BCUT2D eigenvalue weighted by Crippen LogP contribution is 2.32. The van der Waals surface area contributed by atoms with Crippen LogP contribution in [-0.4, -0.2) is 42.0 Å². The number of para-hydroxylation sites is 1. The number of hydrogen-bond acceptors (Lipinski definition) is 9. The summed E-state index contributed by atoms with van der Waals surface area (Å²) in [6, 6.07) is 8.38. The SMILES string of the molecule is C#CC=O.CNN/C(=N\N=C(C)C)c1ccc(N/C(C=Nc2c(Cl)cccc2Cl)=C(/N)C(N)=O)cn1. The molecule has 7 N–H and O–H groups in total. The standard InChI is InChI=1S/C20H23Cl2N9O.C3H2O/c1-11(2)29-31-20(30-25-3)15-8-7-12(9-26-15)28-16(17(23)19(24)32)10-27-18-13(21)5-4-6-14(18)22;1-2-3-4/h4-10,25,28H,23H2,1-3H3,(H2,24,32)(H,30,31);1,3H/b17-16+,27-10?;. The summed E-state index contributed by atoms with van der Waals surface area (Å²) in [6.07, 6.45) is 7.65. The Morgan fingerprint density at radius 3 is 2.25 bits per heavy atom. The molecular weight excluding hydrogens is 505 g/mol. The van der Waals surface area contributed by atoms with Crippen LogP contribution in [0.25, 0.3) is 0 Å². The van der Waals surface area contributed by atoms with Crippen molar-refractivity contribution in [2.24, 2.45) is 26.7 Å². The van der Waals surface area contributed by atoms with Crippen LogP contribution in [0.5, 0.6) is 0 Å². The number of nitrogens with two attached hydrogens (primary N) is 2. The van der Waals surface area contributed by atoms with Crippen molar-refractivity contribution in [1.29, 1.82) is 0 Å². The molecule has 188 valence electrons. The second-order valence-corrected chi connectivity index (χ2v) is 7.55. The summed E-state index contributed by atoms with van der Waals surface area (Å²) in [5.41, 5.74) is 18.9. The molecule has 0 unspecified atom stereocenters. The number of nitrogens with one attached hydrogen (secondary N) is 3. The number of aromatic nitrogens is 1. The summed E-state index contributed by atoms with van der Waals surface area (Å²) in [4.78, 5) is 29.2. The number of carbonyl (C=O) groups excluding carboxylic acids is 2. The number of amides is 1. The second kappa shape index (κ2) is 15.6. The van der Waals surface area contributed by atoms with Gasteiger partial charge in [0.25, 0.3) is 5.91 Å². The molecule has 36 heavy (non-hydrogen) atoms. The molecule has 1 heterocycles. The van der Waals surface area contributed by atoms with Gasteiger partial charge < -0.3 is 22.2 Å². The number of rotatable bonds is 8. The van der Waals surface area contributed by atoms with E-state index in [4.69, 9.17) is 39.5 Å². The molecule has 2 aromatic rings. The summed E-state index contributed by atoms with van der Waals surface area (Å²) in [5, 5.41) is 11.8. The maximum absolute atomic E-state index is 11.6. The van der Waals surface area contributed by atoms with E-state index >= 15 is 0 Å². The molecule has 2 rings (SSSR count). The zero-order valence-electron chi connectivity index (χ0n) is 19.7. The number of halogens is 2. The number of primary amides is 1. The summed E-state index contributed by atoms with van der Waals surface area (Å²) in [6.45, 7) is 3.66. The molecule has 0 atom stereocenters. The fourth-order valence-electron chi connectivity index (χ4n) is 2.22. The van der Waals surface area contributed by atoms with Gasteiger partial charge in [-0.2, -0.15) is 5.10 Å². The monoisotopic (exact) mass is 529 g/mol. The van der Waals surface area contributed by atoms with Crippen LogP contribution in [0.15, 0.2) is 63.1 Å². The van der Waals surface area contributed by atoms with Gasteiger partial charge in [0.05, 0.1) is 33.8 Å². The molecule has 0 radical (unpaired) electrons. The van der Waals surface area contributed by atoms with Crippen LogP contribution in [0.1, 0.15) is 19.5 Å². The maximum Gasteiger partial charge on any atom is 0.266 e. The molecule has 0 spiro atoms. The third-order valence-corrected chi connectivity index (χ3v) is 4.37. The Bertz CT molecular complexity index is 1210. The summed E-state index contributed by atoms with van der Waals surface area (Å²) in [5.74, 6) is 1.34. The predicted molar refractivity (Wildman–Crippen MR) is 145 cm³/mol. The topological polar surface area (TPSA) is 172 Å². The summed E-state index contributed by atoms with van der Waals surface area (Å²) < 4.78 is 0. The van der Waals surface area contributed by atoms with Gasteiger partial charge >= 0.3 is 0 Å². The Morgan fingerprint density at radius 2 is 1.78 bits per heavy atom. The van der Waals surface area contributed by atoms with Gasteiger partial charge in [0.2, 0.25) is 0 Å². The second-order valence-electron chi connectivity index (χ2n) is 6.73. The summed E-state index contributed by atoms with van der Waals surface area (Å²) >= 11 is 12.3. The van der Waals surface area contributed by atoms with E-state index in [2.05, 4.69) is 42.8 Å². The van der Waals surface area contributed by atoms with Crippen molar-refractivity contribution in [3.63, 3.8) is 0 Å². The van der Waals surface area contributed by atoms with Crippen LogP contribution >= 0.6 is 23.2 Å². The highest BCUT2D eigenvalue weighted by molar-refractivity contribution is 6.38. The predicted octanol–water partition coefficient (Wildman–Crippen LogP) is 2.54. The number of hydrogen-bond donors (Lipinski definition) is 5. The Kier molecular flexibility index (Phi) is 12.9. The molecule has 1 aromatic carbocycles. The molecule has 1 aromatic heterocycles. The van der Waals surface area contributed by atoms with Crippen LogP contribution in [0.3, 0.4) is 0 Å². The van der Waals surface area contributed by atoms with Crippen molar-refractivity contribution in [3.8, 4) is 12.3 Å². The first-order valence-corrected chi connectivity index (χ1v) is 10.8. The summed E-state index contributed by atoms with van der Waals surface area (Å²) in [7, 11) is 1.70. The fourth-order valence-corrected chi connectivity index (χ4v) is 2.71. The normalized spacial score (nSPS) is 11.4. The Hall–Kier alpha value is -4.24. The van der Waals surface area contributed by atoms with E-state index in [1.165, 1.54) is 12.4 Å². The van der Waals surface area contributed by atoms with Gasteiger partial charge in [-0.1, -0.05) is 29.3 Å². The van der Waals surface area contributed by atoms with Crippen molar-refractivity contribution in [1.82, 2.24) is 15.8 Å². The van der Waals surface area contributed by atoms with E-state index in [0.717, 1.165) is 5.71 Å². The van der Waals surface area contributed by atoms with Gasteiger partial charge in [-0.05, 0) is 44.0 Å². The van der Waals surface area contributed by atoms with Crippen LogP contribution in [0.2, 0.25) is 10.0 Å². The number of pyridine rings is 1. The zero-order valence-corrected chi connectivity index (χ0v) is 21.2. The number of anilines is 1. The van der Waals surface area contributed by atoms with Crippen molar-refractivity contribution >= 4 is 64.5 Å². The molecule has 0 aliphatic carbocycles. The lowest BCUT2D eigenvalue weighted by atomic mass is 10.2. The van der Waals surface area contributed by atoms with Gasteiger partial charge in [0.1, 0.15) is 17.1 Å². The third-order valence-electron chi connectivity index (χ3n) is 3.76. The van der Waals surface area contributed by atoms with Crippen LogP contribution < -0.4 is 27.6 Å². The van der Waals surface area contributed by atoms with Crippen molar-refractivity contribution in [2.45, 2.75) is 13.8 Å².